The summed E-state index contributed by atoms with van der Waals surface area (Å²) in [5, 5.41) is 23.8. The van der Waals surface area contributed by atoms with Crippen LogP contribution in [0.3, 0.4) is 0 Å². The van der Waals surface area contributed by atoms with Gasteiger partial charge in [-0.1, -0.05) is 24.3 Å². The molecule has 0 aliphatic carbocycles. The molecular weight excluding hydrogens is 681 g/mol. The number of benzene rings is 2. The highest BCUT2D eigenvalue weighted by atomic mass is 16.6. The first kappa shape index (κ1) is 32.1. The molecule has 0 spiro atoms. The molecule has 0 radical (unpaired) electrons. The van der Waals surface area contributed by atoms with Gasteiger partial charge in [0.1, 0.15) is 0 Å². The fourth-order valence-corrected chi connectivity index (χ4v) is 7.01. The number of aromatic amines is 2. The van der Waals surface area contributed by atoms with Gasteiger partial charge in [-0.2, -0.15) is 0 Å². The highest BCUT2D eigenvalue weighted by Crippen LogP contribution is 2.39. The largest absolute Gasteiger partial charge is 0.354 e. The summed E-state index contributed by atoms with van der Waals surface area (Å²) in [6.45, 7) is 0. The number of nitrogens with zero attached hydrogens (tertiary/aromatic N) is 6. The fourth-order valence-electron chi connectivity index (χ4n) is 7.01. The van der Waals surface area contributed by atoms with Crippen LogP contribution in [0.5, 0.6) is 0 Å². The molecule has 2 aliphatic heterocycles. The molecule has 2 N–H and O–H groups in total. The van der Waals surface area contributed by atoms with E-state index in [4.69, 9.17) is 9.97 Å². The molecule has 12 heteroatoms. The lowest BCUT2D eigenvalue weighted by Crippen LogP contribution is -1.92. The summed E-state index contributed by atoms with van der Waals surface area (Å²) in [6.07, 6.45) is 14.5. The maximum absolute atomic E-state index is 11.9. The van der Waals surface area contributed by atoms with Gasteiger partial charge >= 0.3 is 0 Å². The van der Waals surface area contributed by atoms with E-state index in [1.165, 1.54) is 12.1 Å². The minimum atomic E-state index is -0.408. The zero-order valence-corrected chi connectivity index (χ0v) is 28.2. The Morgan fingerprint density at radius 3 is 1.09 bits per heavy atom. The zero-order chi connectivity index (χ0) is 36.8. The second-order valence-electron chi connectivity index (χ2n) is 12.6. The van der Waals surface area contributed by atoms with Gasteiger partial charge < -0.3 is 9.97 Å². The van der Waals surface area contributed by atoms with Crippen LogP contribution in [0, 0.1) is 20.2 Å². The van der Waals surface area contributed by atoms with Gasteiger partial charge in [-0.05, 0) is 95.1 Å². The van der Waals surface area contributed by atoms with Gasteiger partial charge in [-0.15, -0.1) is 0 Å². The molecule has 12 nitrogen and oxygen atoms in total. The van der Waals surface area contributed by atoms with Gasteiger partial charge in [0, 0.05) is 93.4 Å². The third-order valence-electron chi connectivity index (χ3n) is 9.38. The van der Waals surface area contributed by atoms with E-state index in [1.807, 2.05) is 85.0 Å². The minimum absolute atomic E-state index is 0.0398. The van der Waals surface area contributed by atoms with Crippen molar-refractivity contribution in [2.75, 3.05) is 0 Å². The van der Waals surface area contributed by atoms with Crippen LogP contribution in [0.25, 0.3) is 90.9 Å². The van der Waals surface area contributed by atoms with E-state index in [2.05, 4.69) is 19.9 Å². The summed E-state index contributed by atoms with van der Waals surface area (Å²) < 4.78 is 0. The molecule has 7 aromatic rings. The lowest BCUT2D eigenvalue weighted by molar-refractivity contribution is -0.385. The van der Waals surface area contributed by atoms with Crippen molar-refractivity contribution >= 4 is 57.7 Å². The summed E-state index contributed by atoms with van der Waals surface area (Å²) in [4.78, 5) is 49.0. The van der Waals surface area contributed by atoms with Crippen LogP contribution < -0.4 is 0 Å². The van der Waals surface area contributed by atoms with Crippen molar-refractivity contribution in [2.24, 2.45) is 0 Å². The van der Waals surface area contributed by atoms with E-state index in [0.29, 0.717) is 56.1 Å². The van der Waals surface area contributed by atoms with Crippen LogP contribution in [0.15, 0.2) is 122 Å². The molecule has 8 bridgehead atoms. The van der Waals surface area contributed by atoms with Crippen molar-refractivity contribution in [3.05, 3.63) is 165 Å². The molecule has 5 aromatic heterocycles. The van der Waals surface area contributed by atoms with E-state index in [-0.39, 0.29) is 11.4 Å². The Morgan fingerprint density at radius 1 is 0.426 bits per heavy atom. The number of hydrogen-bond acceptors (Lipinski definition) is 8. The number of hydrogen-bond donors (Lipinski definition) is 2. The number of nitro groups is 2. The molecule has 0 amide bonds. The molecule has 0 unspecified atom stereocenters. The Bertz CT molecular complexity index is 2700. The van der Waals surface area contributed by atoms with Crippen LogP contribution in [-0.4, -0.2) is 39.8 Å². The molecule has 2 aliphatic rings. The number of pyridine rings is 2. The molecule has 7 heterocycles. The van der Waals surface area contributed by atoms with Crippen molar-refractivity contribution in [3.63, 3.8) is 0 Å². The van der Waals surface area contributed by atoms with Gasteiger partial charge in [0.15, 0.2) is 0 Å². The average Bonchev–Trinajstić information content (AvgIpc) is 4.04. The molecule has 0 saturated heterocycles. The predicted molar refractivity (Wildman–Crippen MR) is 210 cm³/mol. The van der Waals surface area contributed by atoms with Gasteiger partial charge in [-0.3, -0.25) is 30.2 Å². The van der Waals surface area contributed by atoms with E-state index in [0.717, 1.165) is 33.3 Å². The zero-order valence-electron chi connectivity index (χ0n) is 28.2. The highest BCUT2D eigenvalue weighted by molar-refractivity contribution is 6.00. The quantitative estimate of drug-likeness (QED) is 0.127. The molecule has 9 rings (SSSR count). The minimum Gasteiger partial charge on any atom is -0.354 e. The molecule has 0 fully saturated rings. The Hall–Kier alpha value is -7.86. The topological polar surface area (TPSA) is 169 Å². The van der Waals surface area contributed by atoms with Crippen molar-refractivity contribution in [2.45, 2.75) is 0 Å². The van der Waals surface area contributed by atoms with Crippen LogP contribution in [0.4, 0.5) is 11.4 Å². The lowest BCUT2D eigenvalue weighted by Gasteiger charge is -2.07. The third kappa shape index (κ3) is 5.69. The number of non-ortho nitro benzene ring substituents is 2. The molecule has 2 aromatic carbocycles. The summed E-state index contributed by atoms with van der Waals surface area (Å²) >= 11 is 0. The first-order valence-corrected chi connectivity index (χ1v) is 16.9. The van der Waals surface area contributed by atoms with Gasteiger partial charge in [0.2, 0.25) is 0 Å². The Morgan fingerprint density at radius 2 is 0.759 bits per heavy atom. The van der Waals surface area contributed by atoms with Crippen LogP contribution in [0.1, 0.15) is 22.8 Å². The van der Waals surface area contributed by atoms with E-state index < -0.39 is 9.85 Å². The van der Waals surface area contributed by atoms with Gasteiger partial charge in [0.05, 0.1) is 32.6 Å². The van der Waals surface area contributed by atoms with E-state index in [1.54, 1.807) is 49.1 Å². The Kier molecular flexibility index (Phi) is 7.74. The van der Waals surface area contributed by atoms with Crippen molar-refractivity contribution in [1.29, 1.82) is 0 Å². The van der Waals surface area contributed by atoms with Gasteiger partial charge in [-0.25, -0.2) is 9.97 Å². The highest BCUT2D eigenvalue weighted by Gasteiger charge is 2.20. The molecule has 0 atom stereocenters. The molecule has 258 valence electrons. The number of nitrogens with one attached hydrogen (secondary N) is 2. The van der Waals surface area contributed by atoms with Crippen LogP contribution in [-0.2, 0) is 0 Å². The monoisotopic (exact) mass is 706 g/mol. The second-order valence-corrected chi connectivity index (χ2v) is 12.6. The third-order valence-corrected chi connectivity index (χ3v) is 9.38. The van der Waals surface area contributed by atoms with Crippen LogP contribution >= 0.6 is 0 Å². The normalized spacial score (nSPS) is 11.9. The standard InChI is InChI=1S/C42H26N8O4/c51-49(52)29-5-1-3-27(23-29)41-35-11-7-31(45-35)39(25-15-19-43-20-16-25)33-9-13-37(47-33)42(28-4-2-6-30(24-28)50(53)54)38-14-10-34(48-38)40(26-17-21-44-22-18-26)32-8-12-36(41)46-32/h1-24,45,48H. The summed E-state index contributed by atoms with van der Waals surface area (Å²) in [6, 6.07) is 28.4. The first-order valence-electron chi connectivity index (χ1n) is 16.9. The fraction of sp³-hybridized carbons (Fsp3) is 0. The maximum Gasteiger partial charge on any atom is 0.270 e. The molecule has 0 saturated carbocycles. The number of aromatic nitrogens is 6. The Balaban J connectivity index is 1.47. The van der Waals surface area contributed by atoms with E-state index >= 15 is 0 Å². The molecular formula is C42H26N8O4. The van der Waals surface area contributed by atoms with Gasteiger partial charge in [0.25, 0.3) is 11.4 Å². The number of nitro benzene ring substituents is 2. The average molecular weight is 707 g/mol. The van der Waals surface area contributed by atoms with Crippen molar-refractivity contribution in [3.8, 4) is 44.5 Å². The molecule has 54 heavy (non-hydrogen) atoms. The van der Waals surface area contributed by atoms with E-state index in [9.17, 15) is 20.2 Å². The first-order chi connectivity index (χ1) is 26.4. The lowest BCUT2D eigenvalue weighted by atomic mass is 10.0. The summed E-state index contributed by atoms with van der Waals surface area (Å²) in [5.41, 5.74) is 11.2. The van der Waals surface area contributed by atoms with Crippen LogP contribution in [0.2, 0.25) is 0 Å². The van der Waals surface area contributed by atoms with Crippen molar-refractivity contribution in [1.82, 2.24) is 29.9 Å². The Labute approximate surface area is 306 Å². The second kappa shape index (κ2) is 13.0. The number of H-pyrrole nitrogens is 2. The number of fused-ring (bicyclic) bond motifs is 8. The van der Waals surface area contributed by atoms with Crippen molar-refractivity contribution < 1.29 is 9.85 Å². The number of rotatable bonds is 6. The summed E-state index contributed by atoms with van der Waals surface area (Å²) in [5.74, 6) is 0. The summed E-state index contributed by atoms with van der Waals surface area (Å²) in [7, 11) is 0. The predicted octanol–water partition coefficient (Wildman–Crippen LogP) is 9.93. The maximum atomic E-state index is 11.9. The SMILES string of the molecule is O=[N+]([O-])c1cccc(-c2c3nc(c(-c4ccncc4)c4ccc([nH]4)c(-c4cccc([N+](=O)[O-])c4)c4nc(c(-c5ccncc5)c5ccc2[nH]5)C=C4)C=C3)c1. The smallest absolute Gasteiger partial charge is 0.270 e.